The quantitative estimate of drug-likeness (QED) is 0.875. The van der Waals surface area contributed by atoms with Crippen molar-refractivity contribution >= 4 is 23.2 Å². The Labute approximate surface area is 164 Å². The average molecular weight is 383 g/mol. The molecule has 1 unspecified atom stereocenters. The Morgan fingerprint density at radius 2 is 1.85 bits per heavy atom. The van der Waals surface area contributed by atoms with Crippen molar-refractivity contribution in [2.75, 3.05) is 13.1 Å². The van der Waals surface area contributed by atoms with Gasteiger partial charge in [-0.25, -0.2) is 0 Å². The topological polar surface area (TPSA) is 49.4 Å². The Morgan fingerprint density at radius 1 is 1.11 bits per heavy atom. The van der Waals surface area contributed by atoms with E-state index in [9.17, 15) is 9.59 Å². The van der Waals surface area contributed by atoms with Gasteiger partial charge in [-0.2, -0.15) is 0 Å². The van der Waals surface area contributed by atoms with Gasteiger partial charge in [0.1, 0.15) is 0 Å². The average Bonchev–Trinajstić information content (AvgIpc) is 3.11. The highest BCUT2D eigenvalue weighted by molar-refractivity contribution is 7.10. The lowest BCUT2D eigenvalue weighted by molar-refractivity contribution is 0.0697. The molecule has 5 heteroatoms. The zero-order chi connectivity index (χ0) is 18.8. The number of nitrogens with zero attached hydrogens (tertiary/aromatic N) is 1. The monoisotopic (exact) mass is 382 g/mol. The second-order valence-electron chi connectivity index (χ2n) is 7.81. The number of carbonyl (C=O) groups is 2. The summed E-state index contributed by atoms with van der Waals surface area (Å²) >= 11 is 1.75. The van der Waals surface area contributed by atoms with Crippen LogP contribution in [0.3, 0.4) is 0 Å². The molecule has 142 valence electrons. The number of fused-ring (bicyclic) bond motifs is 1. The van der Waals surface area contributed by atoms with Crippen LogP contribution in [-0.2, 0) is 12.8 Å². The van der Waals surface area contributed by atoms with Gasteiger partial charge in [0.05, 0.1) is 5.56 Å². The second-order valence-corrected chi connectivity index (χ2v) is 8.77. The third-order valence-corrected chi connectivity index (χ3v) is 6.84. The largest absolute Gasteiger partial charge is 0.349 e. The van der Waals surface area contributed by atoms with E-state index in [0.29, 0.717) is 18.7 Å². The van der Waals surface area contributed by atoms with E-state index in [1.54, 1.807) is 11.3 Å². The number of hydrogen-bond acceptors (Lipinski definition) is 3. The van der Waals surface area contributed by atoms with Crippen molar-refractivity contribution in [2.45, 2.75) is 45.1 Å². The highest BCUT2D eigenvalue weighted by Crippen LogP contribution is 2.33. The number of thiophene rings is 1. The molecule has 2 aromatic rings. The van der Waals surface area contributed by atoms with Gasteiger partial charge in [-0.15, -0.1) is 11.3 Å². The zero-order valence-corrected chi connectivity index (χ0v) is 16.6. The van der Waals surface area contributed by atoms with Gasteiger partial charge in [0.15, 0.2) is 0 Å². The number of piperidine rings is 1. The first-order chi connectivity index (χ1) is 13.1. The Hall–Kier alpha value is -2.14. The van der Waals surface area contributed by atoms with Gasteiger partial charge >= 0.3 is 0 Å². The van der Waals surface area contributed by atoms with E-state index in [-0.39, 0.29) is 17.9 Å². The molecule has 0 spiro atoms. The Morgan fingerprint density at radius 3 is 2.59 bits per heavy atom. The molecule has 1 fully saturated rings. The standard InChI is InChI=1S/C22H26N2O2S/c1-15-7-8-18-19(14-27-20(18)13-15)22(26)24-11-9-17(10-12-24)23-21(25)16-5-3-2-4-6-16/h2-6,14-15,17H,7-13H2,1H3,(H,23,25). The maximum atomic E-state index is 13.0. The normalized spacial score (nSPS) is 20.2. The molecule has 0 bridgehead atoms. The summed E-state index contributed by atoms with van der Waals surface area (Å²) in [6.45, 7) is 3.71. The van der Waals surface area contributed by atoms with Crippen LogP contribution < -0.4 is 5.32 Å². The molecule has 1 aromatic carbocycles. The van der Waals surface area contributed by atoms with E-state index in [1.165, 1.54) is 16.9 Å². The number of nitrogens with one attached hydrogen (secondary N) is 1. The lowest BCUT2D eigenvalue weighted by atomic mass is 9.88. The summed E-state index contributed by atoms with van der Waals surface area (Å²) < 4.78 is 0. The van der Waals surface area contributed by atoms with Crippen LogP contribution in [0.2, 0.25) is 0 Å². The summed E-state index contributed by atoms with van der Waals surface area (Å²) in [5.41, 5.74) is 2.91. The molecule has 1 aliphatic heterocycles. The van der Waals surface area contributed by atoms with Gasteiger partial charge in [-0.1, -0.05) is 25.1 Å². The van der Waals surface area contributed by atoms with Crippen LogP contribution in [-0.4, -0.2) is 35.8 Å². The summed E-state index contributed by atoms with van der Waals surface area (Å²) in [4.78, 5) is 28.7. The highest BCUT2D eigenvalue weighted by atomic mass is 32.1. The molecule has 1 N–H and O–H groups in total. The van der Waals surface area contributed by atoms with Crippen LogP contribution in [0.5, 0.6) is 0 Å². The van der Waals surface area contributed by atoms with Gasteiger partial charge in [-0.3, -0.25) is 9.59 Å². The number of benzene rings is 1. The number of amides is 2. The predicted octanol–water partition coefficient (Wildman–Crippen LogP) is 3.91. The van der Waals surface area contributed by atoms with Gasteiger partial charge in [0.2, 0.25) is 0 Å². The minimum absolute atomic E-state index is 0.0265. The summed E-state index contributed by atoms with van der Waals surface area (Å²) in [7, 11) is 0. The third kappa shape index (κ3) is 3.93. The first kappa shape index (κ1) is 18.2. The predicted molar refractivity (Wildman–Crippen MR) is 108 cm³/mol. The molecular weight excluding hydrogens is 356 g/mol. The van der Waals surface area contributed by atoms with Crippen LogP contribution >= 0.6 is 11.3 Å². The number of likely N-dealkylation sites (tertiary alicyclic amines) is 1. The van der Waals surface area contributed by atoms with Gasteiger partial charge in [0, 0.05) is 35.0 Å². The highest BCUT2D eigenvalue weighted by Gasteiger charge is 2.29. The van der Waals surface area contributed by atoms with Crippen molar-refractivity contribution in [3.63, 3.8) is 0 Å². The van der Waals surface area contributed by atoms with Crippen molar-refractivity contribution in [3.05, 3.63) is 57.3 Å². The fraction of sp³-hybridized carbons (Fsp3) is 0.455. The fourth-order valence-electron chi connectivity index (χ4n) is 4.11. The molecule has 1 atom stereocenters. The molecule has 1 aliphatic carbocycles. The van der Waals surface area contributed by atoms with E-state index in [1.807, 2.05) is 35.2 Å². The Kier molecular flexibility index (Phi) is 5.30. The third-order valence-electron chi connectivity index (χ3n) is 5.79. The van der Waals surface area contributed by atoms with Crippen LogP contribution in [0.1, 0.15) is 57.3 Å². The number of rotatable bonds is 3. The first-order valence-electron chi connectivity index (χ1n) is 9.86. The van der Waals surface area contributed by atoms with E-state index < -0.39 is 0 Å². The molecular formula is C22H26N2O2S. The van der Waals surface area contributed by atoms with Crippen molar-refractivity contribution in [2.24, 2.45) is 5.92 Å². The molecule has 0 radical (unpaired) electrons. The maximum Gasteiger partial charge on any atom is 0.254 e. The molecule has 2 heterocycles. The summed E-state index contributed by atoms with van der Waals surface area (Å²) in [5.74, 6) is 0.874. The molecule has 1 saturated heterocycles. The van der Waals surface area contributed by atoms with Crippen LogP contribution in [0.4, 0.5) is 0 Å². The molecule has 4 rings (SSSR count). The molecule has 4 nitrogen and oxygen atoms in total. The van der Waals surface area contributed by atoms with E-state index >= 15 is 0 Å². The zero-order valence-electron chi connectivity index (χ0n) is 15.7. The fourth-order valence-corrected chi connectivity index (χ4v) is 5.35. The molecule has 2 aliphatic rings. The van der Waals surface area contributed by atoms with Crippen LogP contribution in [0.15, 0.2) is 35.7 Å². The Balaban J connectivity index is 1.34. The summed E-state index contributed by atoms with van der Waals surface area (Å²) in [6, 6.07) is 9.45. The van der Waals surface area contributed by atoms with Crippen molar-refractivity contribution in [3.8, 4) is 0 Å². The van der Waals surface area contributed by atoms with Gasteiger partial charge < -0.3 is 10.2 Å². The summed E-state index contributed by atoms with van der Waals surface area (Å²) in [6.07, 6.45) is 4.95. The molecule has 2 amide bonds. The lowest BCUT2D eigenvalue weighted by Crippen LogP contribution is -2.46. The minimum Gasteiger partial charge on any atom is -0.349 e. The molecule has 0 saturated carbocycles. The Bertz CT molecular complexity index is 822. The summed E-state index contributed by atoms with van der Waals surface area (Å²) in [5, 5.41) is 5.17. The number of hydrogen-bond donors (Lipinski definition) is 1. The number of carbonyl (C=O) groups excluding carboxylic acids is 2. The smallest absolute Gasteiger partial charge is 0.254 e. The van der Waals surface area contributed by atoms with Crippen molar-refractivity contribution < 1.29 is 9.59 Å². The minimum atomic E-state index is -0.0265. The van der Waals surface area contributed by atoms with Crippen molar-refractivity contribution in [1.29, 1.82) is 0 Å². The SMILES string of the molecule is CC1CCc2c(C(=O)N3CCC(NC(=O)c4ccccc4)CC3)csc2C1. The van der Waals surface area contributed by atoms with E-state index in [0.717, 1.165) is 37.2 Å². The van der Waals surface area contributed by atoms with E-state index in [2.05, 4.69) is 17.6 Å². The second kappa shape index (κ2) is 7.85. The lowest BCUT2D eigenvalue weighted by Gasteiger charge is -2.32. The van der Waals surface area contributed by atoms with Gasteiger partial charge in [0.25, 0.3) is 11.8 Å². The van der Waals surface area contributed by atoms with Crippen LogP contribution in [0.25, 0.3) is 0 Å². The van der Waals surface area contributed by atoms with Crippen molar-refractivity contribution in [1.82, 2.24) is 10.2 Å². The molecule has 1 aromatic heterocycles. The van der Waals surface area contributed by atoms with Gasteiger partial charge in [-0.05, 0) is 55.7 Å². The first-order valence-corrected chi connectivity index (χ1v) is 10.7. The van der Waals surface area contributed by atoms with Crippen LogP contribution in [0, 0.1) is 5.92 Å². The maximum absolute atomic E-state index is 13.0. The van der Waals surface area contributed by atoms with E-state index in [4.69, 9.17) is 0 Å². The molecule has 27 heavy (non-hydrogen) atoms.